The normalized spacial score (nSPS) is 14.7. The summed E-state index contributed by atoms with van der Waals surface area (Å²) in [6.45, 7) is 3.56. The number of anilines is 1. The lowest BCUT2D eigenvalue weighted by Crippen LogP contribution is -2.52. The summed E-state index contributed by atoms with van der Waals surface area (Å²) >= 11 is 0. The fourth-order valence-corrected chi connectivity index (χ4v) is 3.25. The van der Waals surface area contributed by atoms with Crippen LogP contribution in [0.1, 0.15) is 17.3 Å². The Labute approximate surface area is 174 Å². The number of hydrogen-bond donors (Lipinski definition) is 1. The maximum absolute atomic E-state index is 13.2. The van der Waals surface area contributed by atoms with Gasteiger partial charge in [-0.2, -0.15) is 0 Å². The van der Waals surface area contributed by atoms with Crippen molar-refractivity contribution in [3.8, 4) is 0 Å². The number of benzene rings is 2. The van der Waals surface area contributed by atoms with Gasteiger partial charge < -0.3 is 19.9 Å². The number of piperazine rings is 1. The molecule has 1 atom stereocenters. The number of carbonyl (C=O) groups excluding carboxylic acids is 3. The molecule has 2 amide bonds. The lowest BCUT2D eigenvalue weighted by Gasteiger charge is -2.37. The van der Waals surface area contributed by atoms with E-state index in [0.717, 1.165) is 11.8 Å². The SMILES string of the molecule is C[C@@H](OC(=O)CNC(=O)c1cccc(F)c1)C(=O)N1CCN(c2ccccc2)CC1. The monoisotopic (exact) mass is 413 g/mol. The molecule has 0 aliphatic carbocycles. The first-order valence-electron chi connectivity index (χ1n) is 9.76. The van der Waals surface area contributed by atoms with Gasteiger partial charge in [-0.3, -0.25) is 14.4 Å². The van der Waals surface area contributed by atoms with E-state index in [1.807, 2.05) is 30.3 Å². The Morgan fingerprint density at radius 3 is 2.40 bits per heavy atom. The first-order valence-corrected chi connectivity index (χ1v) is 9.76. The second-order valence-corrected chi connectivity index (χ2v) is 6.97. The molecule has 0 bridgehead atoms. The van der Waals surface area contributed by atoms with Gasteiger partial charge in [-0.25, -0.2) is 4.39 Å². The van der Waals surface area contributed by atoms with Crippen LogP contribution in [0.5, 0.6) is 0 Å². The Morgan fingerprint density at radius 1 is 1.03 bits per heavy atom. The van der Waals surface area contributed by atoms with Crippen LogP contribution in [0.2, 0.25) is 0 Å². The number of para-hydroxylation sites is 1. The molecule has 1 fully saturated rings. The van der Waals surface area contributed by atoms with E-state index in [0.29, 0.717) is 26.2 Å². The number of halogens is 1. The summed E-state index contributed by atoms with van der Waals surface area (Å²) < 4.78 is 18.3. The third-order valence-electron chi connectivity index (χ3n) is 4.85. The van der Waals surface area contributed by atoms with Gasteiger partial charge in [0, 0.05) is 37.4 Å². The molecule has 2 aromatic carbocycles. The smallest absolute Gasteiger partial charge is 0.326 e. The standard InChI is InChI=1S/C22H24FN3O4/c1-16(30-20(27)15-24-21(28)17-6-5-7-18(23)14-17)22(29)26-12-10-25(11-13-26)19-8-3-2-4-9-19/h2-9,14,16H,10-13,15H2,1H3,(H,24,28)/t16-/m1/s1. The highest BCUT2D eigenvalue weighted by Crippen LogP contribution is 2.16. The minimum atomic E-state index is -0.952. The number of esters is 1. The van der Waals surface area contributed by atoms with Crippen molar-refractivity contribution in [3.05, 3.63) is 66.0 Å². The van der Waals surface area contributed by atoms with Crippen LogP contribution >= 0.6 is 0 Å². The third-order valence-corrected chi connectivity index (χ3v) is 4.85. The second kappa shape index (κ2) is 9.87. The molecule has 0 radical (unpaired) electrons. The average Bonchev–Trinajstić information content (AvgIpc) is 2.77. The Kier molecular flexibility index (Phi) is 7.00. The van der Waals surface area contributed by atoms with Gasteiger partial charge in [0.25, 0.3) is 11.8 Å². The molecule has 158 valence electrons. The van der Waals surface area contributed by atoms with Crippen molar-refractivity contribution in [2.24, 2.45) is 0 Å². The molecule has 1 N–H and O–H groups in total. The van der Waals surface area contributed by atoms with Crippen LogP contribution in [-0.2, 0) is 14.3 Å². The third kappa shape index (κ3) is 5.56. The van der Waals surface area contributed by atoms with E-state index in [2.05, 4.69) is 10.2 Å². The average molecular weight is 413 g/mol. The number of rotatable bonds is 6. The Balaban J connectivity index is 1.43. The Morgan fingerprint density at radius 2 is 1.73 bits per heavy atom. The molecule has 0 aromatic heterocycles. The van der Waals surface area contributed by atoms with Crippen molar-refractivity contribution in [2.75, 3.05) is 37.6 Å². The zero-order chi connectivity index (χ0) is 21.5. The molecule has 0 unspecified atom stereocenters. The fraction of sp³-hybridized carbons (Fsp3) is 0.318. The molecule has 8 heteroatoms. The largest absolute Gasteiger partial charge is 0.451 e. The first kappa shape index (κ1) is 21.3. The Bertz CT molecular complexity index is 898. The number of carbonyl (C=O) groups is 3. The minimum Gasteiger partial charge on any atom is -0.451 e. The summed E-state index contributed by atoms with van der Waals surface area (Å²) in [6.07, 6.45) is -0.952. The molecular weight excluding hydrogens is 389 g/mol. The van der Waals surface area contributed by atoms with Gasteiger partial charge in [0.2, 0.25) is 0 Å². The molecule has 0 spiro atoms. The minimum absolute atomic E-state index is 0.100. The topological polar surface area (TPSA) is 78.9 Å². The molecule has 1 aliphatic rings. The zero-order valence-electron chi connectivity index (χ0n) is 16.7. The van der Waals surface area contributed by atoms with Gasteiger partial charge in [-0.05, 0) is 37.3 Å². The second-order valence-electron chi connectivity index (χ2n) is 6.97. The molecular formula is C22H24FN3O4. The summed E-state index contributed by atoms with van der Waals surface area (Å²) in [5.41, 5.74) is 1.21. The number of nitrogens with one attached hydrogen (secondary N) is 1. The lowest BCUT2D eigenvalue weighted by atomic mass is 10.2. The molecule has 1 saturated heterocycles. The van der Waals surface area contributed by atoms with Crippen molar-refractivity contribution in [1.29, 1.82) is 0 Å². The van der Waals surface area contributed by atoms with Crippen molar-refractivity contribution < 1.29 is 23.5 Å². The van der Waals surface area contributed by atoms with Crippen LogP contribution in [0, 0.1) is 5.82 Å². The molecule has 30 heavy (non-hydrogen) atoms. The molecule has 3 rings (SSSR count). The van der Waals surface area contributed by atoms with E-state index >= 15 is 0 Å². The van der Waals surface area contributed by atoms with Crippen LogP contribution in [0.25, 0.3) is 0 Å². The van der Waals surface area contributed by atoms with Crippen molar-refractivity contribution in [1.82, 2.24) is 10.2 Å². The summed E-state index contributed by atoms with van der Waals surface area (Å²) in [7, 11) is 0. The highest BCUT2D eigenvalue weighted by atomic mass is 19.1. The molecule has 2 aromatic rings. The van der Waals surface area contributed by atoms with Crippen LogP contribution in [0.15, 0.2) is 54.6 Å². The van der Waals surface area contributed by atoms with E-state index in [1.54, 1.807) is 4.90 Å². The maximum Gasteiger partial charge on any atom is 0.326 e. The summed E-state index contributed by atoms with van der Waals surface area (Å²) in [5.74, 6) is -2.14. The van der Waals surface area contributed by atoms with E-state index in [9.17, 15) is 18.8 Å². The van der Waals surface area contributed by atoms with Crippen LogP contribution < -0.4 is 10.2 Å². The maximum atomic E-state index is 13.2. The summed E-state index contributed by atoms with van der Waals surface area (Å²) in [5, 5.41) is 2.36. The van der Waals surface area contributed by atoms with Crippen molar-refractivity contribution in [3.63, 3.8) is 0 Å². The zero-order valence-corrected chi connectivity index (χ0v) is 16.7. The van der Waals surface area contributed by atoms with Crippen LogP contribution in [0.4, 0.5) is 10.1 Å². The summed E-state index contributed by atoms with van der Waals surface area (Å²) in [6, 6.07) is 15.1. The van der Waals surface area contributed by atoms with E-state index in [1.165, 1.54) is 25.1 Å². The quantitative estimate of drug-likeness (QED) is 0.731. The molecule has 0 saturated carbocycles. The van der Waals surface area contributed by atoms with Gasteiger partial charge in [-0.15, -0.1) is 0 Å². The van der Waals surface area contributed by atoms with Gasteiger partial charge in [-0.1, -0.05) is 24.3 Å². The van der Waals surface area contributed by atoms with Crippen LogP contribution in [-0.4, -0.2) is 61.5 Å². The fourth-order valence-electron chi connectivity index (χ4n) is 3.25. The number of nitrogens with zero attached hydrogens (tertiary/aromatic N) is 2. The molecule has 7 nitrogen and oxygen atoms in total. The number of hydrogen-bond acceptors (Lipinski definition) is 5. The predicted octanol–water partition coefficient (Wildman–Crippen LogP) is 1.84. The van der Waals surface area contributed by atoms with Gasteiger partial charge in [0.1, 0.15) is 12.4 Å². The van der Waals surface area contributed by atoms with Crippen molar-refractivity contribution >= 4 is 23.5 Å². The number of amides is 2. The van der Waals surface area contributed by atoms with E-state index in [-0.39, 0.29) is 11.5 Å². The van der Waals surface area contributed by atoms with E-state index in [4.69, 9.17) is 4.74 Å². The number of ether oxygens (including phenoxy) is 1. The van der Waals surface area contributed by atoms with Crippen molar-refractivity contribution in [2.45, 2.75) is 13.0 Å². The lowest BCUT2D eigenvalue weighted by molar-refractivity contribution is -0.158. The predicted molar refractivity (Wildman–Crippen MR) is 110 cm³/mol. The van der Waals surface area contributed by atoms with Gasteiger partial charge in [0.15, 0.2) is 6.10 Å². The molecule has 1 heterocycles. The van der Waals surface area contributed by atoms with E-state index < -0.39 is 30.3 Å². The highest BCUT2D eigenvalue weighted by molar-refractivity contribution is 5.96. The highest BCUT2D eigenvalue weighted by Gasteiger charge is 2.27. The van der Waals surface area contributed by atoms with Gasteiger partial charge >= 0.3 is 5.97 Å². The summed E-state index contributed by atoms with van der Waals surface area (Å²) in [4.78, 5) is 40.4. The van der Waals surface area contributed by atoms with Crippen LogP contribution in [0.3, 0.4) is 0 Å². The van der Waals surface area contributed by atoms with Gasteiger partial charge in [0.05, 0.1) is 0 Å². The Hall–Kier alpha value is -3.42. The first-order chi connectivity index (χ1) is 14.4. The molecule has 1 aliphatic heterocycles.